The Morgan fingerprint density at radius 2 is 1.17 bits per heavy atom. The van der Waals surface area contributed by atoms with Crippen LogP contribution >= 0.6 is 22.7 Å². The number of thiazole rings is 2. The number of aryl methyl sites for hydroxylation is 2. The molecule has 0 saturated carbocycles. The number of benzene rings is 4. The van der Waals surface area contributed by atoms with Crippen LogP contribution in [-0.4, -0.2) is 86.5 Å². The normalized spacial score (nSPS) is 16.6. The van der Waals surface area contributed by atoms with Crippen molar-refractivity contribution >= 4 is 76.0 Å². The summed E-state index contributed by atoms with van der Waals surface area (Å²) in [5.41, 5.74) is 5.25. The molecular weight excluding hydrogens is 769 g/mol. The number of nitrogens with zero attached hydrogens (tertiary/aromatic N) is 5. The number of rotatable bonds is 5. The van der Waals surface area contributed by atoms with Gasteiger partial charge >= 0.3 is 11.3 Å². The van der Waals surface area contributed by atoms with Gasteiger partial charge in [-0.15, -0.1) is 22.7 Å². The molecule has 4 aromatic heterocycles. The van der Waals surface area contributed by atoms with Gasteiger partial charge in [-0.05, 0) is 97.4 Å². The molecule has 0 radical (unpaired) electrons. The molecule has 8 aromatic rings. The minimum absolute atomic E-state index is 0.291. The molecule has 13 heteroatoms. The van der Waals surface area contributed by atoms with Gasteiger partial charge in [0.2, 0.25) is 0 Å². The zero-order chi connectivity index (χ0) is 39.3. The van der Waals surface area contributed by atoms with Gasteiger partial charge in [-0.2, -0.15) is 0 Å². The second kappa shape index (κ2) is 15.4. The zero-order valence-electron chi connectivity index (χ0n) is 32.3. The summed E-state index contributed by atoms with van der Waals surface area (Å²) in [6.45, 7) is 13.5. The highest BCUT2D eigenvalue weighted by atomic mass is 32.1. The number of piperazine rings is 2. The van der Waals surface area contributed by atoms with Crippen LogP contribution in [0.2, 0.25) is 0 Å². The SMILES string of the molecule is Cc1nc2cc(-c3cc4ccc(N5CCNCC5)cc4c(=O)o3)ccc2s1.Cc1nc2ccc(-c3cc4ccc(N5CCN(C6COC6)CC5)cc4c(=O)o3)cc2s1. The van der Waals surface area contributed by atoms with Crippen molar-refractivity contribution < 1.29 is 13.6 Å². The van der Waals surface area contributed by atoms with Crippen LogP contribution < -0.4 is 26.4 Å². The second-order valence-corrected chi connectivity index (χ2v) is 17.6. The molecule has 294 valence electrons. The van der Waals surface area contributed by atoms with Crippen molar-refractivity contribution in [1.29, 1.82) is 0 Å². The van der Waals surface area contributed by atoms with Gasteiger partial charge in [0.15, 0.2) is 0 Å². The molecule has 1 N–H and O–H groups in total. The number of hydrogen-bond acceptors (Lipinski definition) is 13. The Morgan fingerprint density at radius 3 is 1.79 bits per heavy atom. The van der Waals surface area contributed by atoms with E-state index >= 15 is 0 Å². The van der Waals surface area contributed by atoms with E-state index in [1.165, 1.54) is 0 Å². The van der Waals surface area contributed by atoms with Gasteiger partial charge < -0.3 is 28.7 Å². The average Bonchev–Trinajstić information content (AvgIpc) is 3.80. The molecule has 0 unspecified atom stereocenters. The molecule has 0 aliphatic carbocycles. The smallest absolute Gasteiger partial charge is 0.344 e. The first-order valence-corrected chi connectivity index (χ1v) is 21.4. The van der Waals surface area contributed by atoms with E-state index in [4.69, 9.17) is 13.6 Å². The van der Waals surface area contributed by atoms with Crippen LogP contribution in [0.3, 0.4) is 0 Å². The van der Waals surface area contributed by atoms with Gasteiger partial charge in [0.25, 0.3) is 0 Å². The Balaban J connectivity index is 0.000000142. The van der Waals surface area contributed by atoms with E-state index in [-0.39, 0.29) is 11.3 Å². The highest BCUT2D eigenvalue weighted by molar-refractivity contribution is 7.18. The minimum atomic E-state index is -0.297. The Morgan fingerprint density at radius 1 is 0.603 bits per heavy atom. The second-order valence-electron chi connectivity index (χ2n) is 15.1. The van der Waals surface area contributed by atoms with Gasteiger partial charge in [-0.25, -0.2) is 19.6 Å². The Labute approximate surface area is 342 Å². The summed E-state index contributed by atoms with van der Waals surface area (Å²) in [4.78, 5) is 41.7. The third kappa shape index (κ3) is 7.29. The topological polar surface area (TPSA) is 117 Å². The summed E-state index contributed by atoms with van der Waals surface area (Å²) in [6, 6.07) is 28.7. The molecule has 3 aliphatic rings. The third-order valence-electron chi connectivity index (χ3n) is 11.3. The maximum absolute atomic E-state index is 12.8. The van der Waals surface area contributed by atoms with Crippen molar-refractivity contribution in [3.8, 4) is 22.6 Å². The summed E-state index contributed by atoms with van der Waals surface area (Å²) >= 11 is 3.31. The van der Waals surface area contributed by atoms with Gasteiger partial charge in [-0.3, -0.25) is 4.90 Å². The zero-order valence-corrected chi connectivity index (χ0v) is 34.0. The van der Waals surface area contributed by atoms with E-state index in [1.54, 1.807) is 22.7 Å². The molecule has 11 nitrogen and oxygen atoms in total. The lowest BCUT2D eigenvalue weighted by Crippen LogP contribution is -2.56. The monoisotopic (exact) mass is 810 g/mol. The van der Waals surface area contributed by atoms with Gasteiger partial charge in [0, 0.05) is 74.9 Å². The molecule has 3 fully saturated rings. The predicted octanol–water partition coefficient (Wildman–Crippen LogP) is 7.69. The first-order chi connectivity index (χ1) is 28.3. The minimum Gasteiger partial charge on any atom is -0.422 e. The fourth-order valence-electron chi connectivity index (χ4n) is 8.11. The van der Waals surface area contributed by atoms with Crippen LogP contribution in [-0.2, 0) is 4.74 Å². The summed E-state index contributed by atoms with van der Waals surface area (Å²) < 4.78 is 19.0. The van der Waals surface area contributed by atoms with E-state index in [0.29, 0.717) is 28.3 Å². The molecule has 0 amide bonds. The van der Waals surface area contributed by atoms with Crippen molar-refractivity contribution in [2.24, 2.45) is 0 Å². The van der Waals surface area contributed by atoms with E-state index in [1.807, 2.05) is 86.6 Å². The molecule has 3 aliphatic heterocycles. The molecular formula is C45H42N6O5S2. The largest absolute Gasteiger partial charge is 0.422 e. The number of ether oxygens (including phenoxy) is 1. The van der Waals surface area contributed by atoms with Crippen molar-refractivity contribution in [2.75, 3.05) is 75.4 Å². The van der Waals surface area contributed by atoms with Crippen LogP contribution in [0.25, 0.3) is 64.6 Å². The molecule has 4 aromatic carbocycles. The molecule has 3 saturated heterocycles. The van der Waals surface area contributed by atoms with Gasteiger partial charge in [0.1, 0.15) is 11.5 Å². The molecule has 11 rings (SSSR count). The predicted molar refractivity (Wildman–Crippen MR) is 235 cm³/mol. The van der Waals surface area contributed by atoms with E-state index in [2.05, 4.69) is 42.1 Å². The van der Waals surface area contributed by atoms with E-state index < -0.39 is 0 Å². The lowest BCUT2D eigenvalue weighted by molar-refractivity contribution is -0.0660. The lowest BCUT2D eigenvalue weighted by Gasteiger charge is -2.43. The Hall–Kier alpha value is -5.44. The fraction of sp³-hybridized carbons (Fsp3) is 0.289. The van der Waals surface area contributed by atoms with Crippen LogP contribution in [0, 0.1) is 13.8 Å². The van der Waals surface area contributed by atoms with Crippen LogP contribution in [0.1, 0.15) is 10.0 Å². The van der Waals surface area contributed by atoms with Crippen LogP contribution in [0.4, 0.5) is 11.4 Å². The number of aromatic nitrogens is 2. The quantitative estimate of drug-likeness (QED) is 0.185. The maximum atomic E-state index is 12.8. The average molecular weight is 811 g/mol. The first-order valence-electron chi connectivity index (χ1n) is 19.7. The van der Waals surface area contributed by atoms with Crippen molar-refractivity contribution in [2.45, 2.75) is 19.9 Å². The standard InChI is InChI=1S/C24H23N3O3S.C21H19N3O2S/c1-15-25-21-5-3-17(11-23(21)31-15)22-10-16-2-4-18(12-20(16)24(28)30-22)26-6-8-27(9-7-26)19-13-29-14-19;1-13-23-18-10-15(3-5-20(18)27-13)19-11-14-2-4-16(12-17(14)21(25)26-19)24-8-6-22-7-9-24/h2-5,10-12,19H,6-9,13-14H2,1H3;2-5,10-12,22H,6-9H2,1H3. The Kier molecular flexibility index (Phi) is 9.78. The molecule has 0 spiro atoms. The van der Waals surface area contributed by atoms with Crippen molar-refractivity contribution in [3.63, 3.8) is 0 Å². The Bertz CT molecular complexity index is 2940. The fourth-order valence-corrected chi connectivity index (χ4v) is 9.79. The third-order valence-corrected chi connectivity index (χ3v) is 13.2. The van der Waals surface area contributed by atoms with Crippen LogP contribution in [0.15, 0.2) is 103 Å². The number of anilines is 2. The molecule has 7 heterocycles. The number of nitrogens with one attached hydrogen (secondary N) is 1. The lowest BCUT2D eigenvalue weighted by atomic mass is 10.1. The van der Waals surface area contributed by atoms with Gasteiger partial charge in [0.05, 0.1) is 60.5 Å². The summed E-state index contributed by atoms with van der Waals surface area (Å²) in [6.07, 6.45) is 0. The first kappa shape index (κ1) is 36.9. The molecule has 0 bridgehead atoms. The summed E-state index contributed by atoms with van der Waals surface area (Å²) in [7, 11) is 0. The molecule has 0 atom stereocenters. The highest BCUT2D eigenvalue weighted by Crippen LogP contribution is 2.32. The summed E-state index contributed by atoms with van der Waals surface area (Å²) in [5.74, 6) is 1.17. The van der Waals surface area contributed by atoms with Crippen molar-refractivity contribution in [1.82, 2.24) is 20.2 Å². The number of fused-ring (bicyclic) bond motifs is 4. The number of hydrogen-bond donors (Lipinski definition) is 1. The van der Waals surface area contributed by atoms with Crippen molar-refractivity contribution in [3.05, 3.63) is 116 Å². The highest BCUT2D eigenvalue weighted by Gasteiger charge is 2.29. The van der Waals surface area contributed by atoms with E-state index in [9.17, 15) is 9.59 Å². The maximum Gasteiger partial charge on any atom is 0.344 e. The van der Waals surface area contributed by atoms with Gasteiger partial charge in [-0.1, -0.05) is 12.1 Å². The summed E-state index contributed by atoms with van der Waals surface area (Å²) in [5, 5.41) is 8.46. The van der Waals surface area contributed by atoms with Crippen LogP contribution in [0.5, 0.6) is 0 Å². The van der Waals surface area contributed by atoms with E-state index in [0.717, 1.165) is 129 Å². The molecule has 58 heavy (non-hydrogen) atoms.